The highest BCUT2D eigenvalue weighted by molar-refractivity contribution is 5.69. The van der Waals surface area contributed by atoms with E-state index in [0.717, 1.165) is 32.7 Å². The number of carbonyl (C=O) groups is 1. The van der Waals surface area contributed by atoms with Crippen molar-refractivity contribution in [1.82, 2.24) is 9.80 Å². The zero-order chi connectivity index (χ0) is 14.7. The summed E-state index contributed by atoms with van der Waals surface area (Å²) in [5, 5.41) is 8.92. The minimum atomic E-state index is -0.700. The predicted octanol–water partition coefficient (Wildman–Crippen LogP) is 2.06. The first-order valence-electron chi connectivity index (χ1n) is 7.86. The zero-order valence-corrected chi connectivity index (χ0v) is 12.5. The van der Waals surface area contributed by atoms with Crippen LogP contribution >= 0.6 is 0 Å². The molecule has 1 spiro atoms. The van der Waals surface area contributed by atoms with Crippen LogP contribution in [0.2, 0.25) is 0 Å². The molecule has 2 aliphatic heterocycles. The number of piperidine rings is 1. The fourth-order valence-corrected chi connectivity index (χ4v) is 3.79. The van der Waals surface area contributed by atoms with Crippen LogP contribution in [0.15, 0.2) is 30.3 Å². The number of likely N-dealkylation sites (tertiary alicyclic amines) is 2. The zero-order valence-electron chi connectivity index (χ0n) is 12.5. The van der Waals surface area contributed by atoms with Gasteiger partial charge in [-0.25, -0.2) is 0 Å². The summed E-state index contributed by atoms with van der Waals surface area (Å²) < 4.78 is 0. The van der Waals surface area contributed by atoms with E-state index in [4.69, 9.17) is 5.11 Å². The Balaban J connectivity index is 1.50. The summed E-state index contributed by atoms with van der Waals surface area (Å²) in [6, 6.07) is 10.6. The van der Waals surface area contributed by atoms with Gasteiger partial charge in [-0.1, -0.05) is 30.3 Å². The Kier molecular flexibility index (Phi) is 4.27. The van der Waals surface area contributed by atoms with Crippen LogP contribution in [-0.2, 0) is 11.3 Å². The van der Waals surface area contributed by atoms with Gasteiger partial charge in [-0.2, -0.15) is 0 Å². The second-order valence-corrected chi connectivity index (χ2v) is 6.62. The molecule has 0 unspecified atom stereocenters. The molecule has 0 saturated carbocycles. The summed E-state index contributed by atoms with van der Waals surface area (Å²) in [5.41, 5.74) is 1.76. The van der Waals surface area contributed by atoms with Gasteiger partial charge in [0.05, 0.1) is 6.54 Å². The fraction of sp³-hybridized carbons (Fsp3) is 0.588. The lowest BCUT2D eigenvalue weighted by Gasteiger charge is -2.39. The van der Waals surface area contributed by atoms with Crippen molar-refractivity contribution >= 4 is 5.97 Å². The molecule has 21 heavy (non-hydrogen) atoms. The molecule has 1 aromatic carbocycles. The fourth-order valence-electron chi connectivity index (χ4n) is 3.79. The van der Waals surface area contributed by atoms with E-state index in [1.54, 1.807) is 0 Å². The molecule has 1 aromatic rings. The van der Waals surface area contributed by atoms with Gasteiger partial charge in [0.2, 0.25) is 0 Å². The van der Waals surface area contributed by atoms with Gasteiger partial charge in [-0.15, -0.1) is 0 Å². The second-order valence-electron chi connectivity index (χ2n) is 6.62. The summed E-state index contributed by atoms with van der Waals surface area (Å²) >= 11 is 0. The molecular weight excluding hydrogens is 264 g/mol. The van der Waals surface area contributed by atoms with E-state index in [1.807, 2.05) is 0 Å². The van der Waals surface area contributed by atoms with Crippen molar-refractivity contribution in [2.45, 2.75) is 25.8 Å². The van der Waals surface area contributed by atoms with Crippen LogP contribution in [0.5, 0.6) is 0 Å². The van der Waals surface area contributed by atoms with Crippen LogP contribution in [0, 0.1) is 5.41 Å². The molecule has 0 aliphatic carbocycles. The summed E-state index contributed by atoms with van der Waals surface area (Å²) in [6.45, 7) is 5.43. The molecule has 114 valence electrons. The first-order valence-corrected chi connectivity index (χ1v) is 7.86. The molecular formula is C17H24N2O2. The van der Waals surface area contributed by atoms with E-state index in [1.165, 1.54) is 24.8 Å². The maximum atomic E-state index is 10.8. The average molecular weight is 288 g/mol. The smallest absolute Gasteiger partial charge is 0.317 e. The van der Waals surface area contributed by atoms with E-state index in [2.05, 4.69) is 40.1 Å². The van der Waals surface area contributed by atoms with Crippen LogP contribution < -0.4 is 0 Å². The van der Waals surface area contributed by atoms with E-state index < -0.39 is 5.97 Å². The molecule has 2 fully saturated rings. The normalized spacial score (nSPS) is 22.7. The van der Waals surface area contributed by atoms with Crippen LogP contribution in [0.3, 0.4) is 0 Å². The van der Waals surface area contributed by atoms with E-state index in [-0.39, 0.29) is 6.54 Å². The first kappa shape index (κ1) is 14.5. The summed E-state index contributed by atoms with van der Waals surface area (Å²) in [7, 11) is 0. The molecule has 0 radical (unpaired) electrons. The molecule has 0 amide bonds. The predicted molar refractivity (Wildman–Crippen MR) is 82.1 cm³/mol. The highest BCUT2D eigenvalue weighted by Crippen LogP contribution is 2.40. The lowest BCUT2D eigenvalue weighted by molar-refractivity contribution is -0.138. The van der Waals surface area contributed by atoms with Crippen molar-refractivity contribution in [3.63, 3.8) is 0 Å². The summed E-state index contributed by atoms with van der Waals surface area (Å²) in [6.07, 6.45) is 3.57. The Labute approximate surface area is 126 Å². The van der Waals surface area contributed by atoms with Crippen LogP contribution in [-0.4, -0.2) is 53.6 Å². The number of carboxylic acid groups (broad SMARTS) is 1. The number of carboxylic acids is 1. The molecule has 1 N–H and O–H groups in total. The molecule has 4 nitrogen and oxygen atoms in total. The maximum absolute atomic E-state index is 10.8. The number of aliphatic carboxylic acids is 1. The van der Waals surface area contributed by atoms with Gasteiger partial charge in [0, 0.05) is 13.1 Å². The minimum absolute atomic E-state index is 0.204. The Morgan fingerprint density at radius 3 is 2.29 bits per heavy atom. The standard InChI is InChI=1S/C17H24N2O2/c20-16(21)13-19-11-8-17(14-19)6-9-18(10-7-17)12-15-4-2-1-3-5-15/h1-5H,6-14H2,(H,20,21). The Morgan fingerprint density at radius 1 is 1.05 bits per heavy atom. The molecule has 0 atom stereocenters. The lowest BCUT2D eigenvalue weighted by atomic mass is 9.77. The second kappa shape index (κ2) is 6.16. The topological polar surface area (TPSA) is 43.8 Å². The summed E-state index contributed by atoms with van der Waals surface area (Å²) in [5.74, 6) is -0.700. The maximum Gasteiger partial charge on any atom is 0.317 e. The quantitative estimate of drug-likeness (QED) is 0.921. The third kappa shape index (κ3) is 3.63. The van der Waals surface area contributed by atoms with Gasteiger partial charge >= 0.3 is 5.97 Å². The molecule has 0 aromatic heterocycles. The SMILES string of the molecule is O=C(O)CN1CCC2(CCN(Cc3ccccc3)CC2)C1. The van der Waals surface area contributed by atoms with Crippen LogP contribution in [0.1, 0.15) is 24.8 Å². The van der Waals surface area contributed by atoms with Crippen molar-refractivity contribution in [2.24, 2.45) is 5.41 Å². The number of rotatable bonds is 4. The summed E-state index contributed by atoms with van der Waals surface area (Å²) in [4.78, 5) is 15.5. The molecule has 0 bridgehead atoms. The van der Waals surface area contributed by atoms with E-state index in [0.29, 0.717) is 5.41 Å². The highest BCUT2D eigenvalue weighted by atomic mass is 16.4. The van der Waals surface area contributed by atoms with Crippen molar-refractivity contribution in [1.29, 1.82) is 0 Å². The molecule has 3 rings (SSSR count). The molecule has 2 saturated heterocycles. The van der Waals surface area contributed by atoms with Gasteiger partial charge in [0.1, 0.15) is 0 Å². The molecule has 2 heterocycles. The molecule has 2 aliphatic rings. The first-order chi connectivity index (χ1) is 10.2. The van der Waals surface area contributed by atoms with Gasteiger partial charge in [-0.05, 0) is 49.9 Å². The van der Waals surface area contributed by atoms with Gasteiger partial charge < -0.3 is 5.11 Å². The number of benzene rings is 1. The van der Waals surface area contributed by atoms with Crippen molar-refractivity contribution in [2.75, 3.05) is 32.7 Å². The largest absolute Gasteiger partial charge is 0.480 e. The van der Waals surface area contributed by atoms with E-state index >= 15 is 0 Å². The molecule has 4 heteroatoms. The lowest BCUT2D eigenvalue weighted by Crippen LogP contribution is -2.41. The van der Waals surface area contributed by atoms with Crippen molar-refractivity contribution in [3.05, 3.63) is 35.9 Å². The minimum Gasteiger partial charge on any atom is -0.480 e. The van der Waals surface area contributed by atoms with Crippen molar-refractivity contribution in [3.8, 4) is 0 Å². The Morgan fingerprint density at radius 2 is 1.67 bits per heavy atom. The number of hydrogen-bond acceptors (Lipinski definition) is 3. The highest BCUT2D eigenvalue weighted by Gasteiger charge is 2.40. The van der Waals surface area contributed by atoms with Crippen LogP contribution in [0.4, 0.5) is 0 Å². The van der Waals surface area contributed by atoms with Crippen LogP contribution in [0.25, 0.3) is 0 Å². The van der Waals surface area contributed by atoms with Gasteiger partial charge in [0.25, 0.3) is 0 Å². The number of hydrogen-bond donors (Lipinski definition) is 1. The van der Waals surface area contributed by atoms with Crippen molar-refractivity contribution < 1.29 is 9.90 Å². The van der Waals surface area contributed by atoms with Gasteiger partial charge in [-0.3, -0.25) is 14.6 Å². The monoisotopic (exact) mass is 288 g/mol. The van der Waals surface area contributed by atoms with E-state index in [9.17, 15) is 4.79 Å². The Hall–Kier alpha value is -1.39. The average Bonchev–Trinajstić information content (AvgIpc) is 2.85. The van der Waals surface area contributed by atoms with Gasteiger partial charge in [0.15, 0.2) is 0 Å². The Bertz CT molecular complexity index is 481. The number of nitrogens with zero attached hydrogens (tertiary/aromatic N) is 2. The third-order valence-electron chi connectivity index (χ3n) is 5.04. The third-order valence-corrected chi connectivity index (χ3v) is 5.04.